The van der Waals surface area contributed by atoms with Gasteiger partial charge >= 0.3 is 0 Å². The number of allylic oxidation sites excluding steroid dienone is 1. The van der Waals surface area contributed by atoms with Gasteiger partial charge in [-0.3, -0.25) is 14.3 Å². The molecule has 1 aliphatic carbocycles. The van der Waals surface area contributed by atoms with Gasteiger partial charge in [0.1, 0.15) is 6.54 Å². The van der Waals surface area contributed by atoms with Crippen LogP contribution in [0, 0.1) is 0 Å². The number of rotatable bonds is 4. The Hall–Kier alpha value is -3.61. The van der Waals surface area contributed by atoms with E-state index in [1.165, 1.54) is 23.6 Å². The molecule has 152 valence electrons. The third-order valence-electron chi connectivity index (χ3n) is 6.02. The molecule has 2 aromatic heterocycles. The Labute approximate surface area is 174 Å². The van der Waals surface area contributed by atoms with Crippen molar-refractivity contribution in [1.82, 2.24) is 14.7 Å². The number of hydrogen-bond donors (Lipinski definition) is 1. The van der Waals surface area contributed by atoms with Gasteiger partial charge in [0.2, 0.25) is 5.91 Å². The number of hydrogen-bond acceptors (Lipinski definition) is 4. The van der Waals surface area contributed by atoms with Crippen molar-refractivity contribution in [3.05, 3.63) is 78.0 Å². The van der Waals surface area contributed by atoms with Crippen molar-refractivity contribution >= 4 is 23.6 Å². The first-order valence-corrected chi connectivity index (χ1v) is 10.1. The summed E-state index contributed by atoms with van der Waals surface area (Å²) in [6, 6.07) is 11.7. The van der Waals surface area contributed by atoms with Crippen LogP contribution in [0.25, 0.3) is 6.08 Å². The van der Waals surface area contributed by atoms with Gasteiger partial charge in [-0.15, -0.1) is 0 Å². The summed E-state index contributed by atoms with van der Waals surface area (Å²) < 4.78 is 6.63. The summed E-state index contributed by atoms with van der Waals surface area (Å²) in [5.74, 6) is -0.0900. The first-order chi connectivity index (χ1) is 14.6. The lowest BCUT2D eigenvalue weighted by Crippen LogP contribution is -2.45. The number of benzene rings is 1. The second kappa shape index (κ2) is 7.33. The number of aromatic nitrogens is 2. The van der Waals surface area contributed by atoms with Crippen molar-refractivity contribution in [2.24, 2.45) is 0 Å². The molecule has 0 atom stereocenters. The zero-order valence-corrected chi connectivity index (χ0v) is 16.5. The first-order valence-electron chi connectivity index (χ1n) is 10.1. The Balaban J connectivity index is 1.18. The number of furan rings is 1. The van der Waals surface area contributed by atoms with Crippen molar-refractivity contribution < 1.29 is 14.0 Å². The van der Waals surface area contributed by atoms with Gasteiger partial charge in [0, 0.05) is 24.7 Å². The fourth-order valence-corrected chi connectivity index (χ4v) is 4.38. The van der Waals surface area contributed by atoms with Gasteiger partial charge in [-0.25, -0.2) is 0 Å². The van der Waals surface area contributed by atoms with Crippen LogP contribution >= 0.6 is 0 Å². The van der Waals surface area contributed by atoms with E-state index in [4.69, 9.17) is 4.42 Å². The van der Waals surface area contributed by atoms with E-state index in [9.17, 15) is 9.59 Å². The molecule has 30 heavy (non-hydrogen) atoms. The Morgan fingerprint density at radius 1 is 1.13 bits per heavy atom. The number of carbonyl (C=O) groups is 2. The highest BCUT2D eigenvalue weighted by molar-refractivity contribution is 6.02. The molecule has 7 heteroatoms. The molecular weight excluding hydrogens is 380 g/mol. The summed E-state index contributed by atoms with van der Waals surface area (Å²) >= 11 is 0. The molecule has 0 saturated carbocycles. The maximum atomic E-state index is 12.8. The number of nitrogens with zero attached hydrogens (tertiary/aromatic N) is 3. The summed E-state index contributed by atoms with van der Waals surface area (Å²) in [5, 5.41) is 6.91. The Kier molecular flexibility index (Phi) is 4.50. The standard InChI is InChI=1S/C23H22N4O3/c28-21(16-27-15-18(14-24-27)25-22(29)20-6-3-13-30-20)26-11-9-23(10-12-26)8-7-17-4-1-2-5-19(17)23/h1-8,13-15H,9-12,16H2,(H,25,29). The average molecular weight is 402 g/mol. The number of piperidine rings is 1. The molecule has 1 aliphatic heterocycles. The molecule has 0 radical (unpaired) electrons. The number of carbonyl (C=O) groups excluding carboxylic acids is 2. The molecule has 2 amide bonds. The maximum Gasteiger partial charge on any atom is 0.291 e. The van der Waals surface area contributed by atoms with Gasteiger partial charge in [0.25, 0.3) is 5.91 Å². The van der Waals surface area contributed by atoms with E-state index in [-0.39, 0.29) is 29.5 Å². The van der Waals surface area contributed by atoms with E-state index in [2.05, 4.69) is 46.8 Å². The quantitative estimate of drug-likeness (QED) is 0.726. The summed E-state index contributed by atoms with van der Waals surface area (Å²) in [6.07, 6.45) is 11.0. The van der Waals surface area contributed by atoms with Crippen molar-refractivity contribution in [2.75, 3.05) is 18.4 Å². The fourth-order valence-electron chi connectivity index (χ4n) is 4.38. The van der Waals surface area contributed by atoms with Crippen LogP contribution in [0.4, 0.5) is 5.69 Å². The molecule has 2 aliphatic rings. The lowest BCUT2D eigenvalue weighted by atomic mass is 9.74. The summed E-state index contributed by atoms with van der Waals surface area (Å²) in [7, 11) is 0. The van der Waals surface area contributed by atoms with E-state index < -0.39 is 0 Å². The molecule has 3 heterocycles. The van der Waals surface area contributed by atoms with Gasteiger partial charge < -0.3 is 14.6 Å². The van der Waals surface area contributed by atoms with Crippen LogP contribution in [-0.4, -0.2) is 39.6 Å². The van der Waals surface area contributed by atoms with Crippen LogP contribution < -0.4 is 5.32 Å². The van der Waals surface area contributed by atoms with E-state index in [0.717, 1.165) is 25.9 Å². The lowest BCUT2D eigenvalue weighted by Gasteiger charge is -2.39. The van der Waals surface area contributed by atoms with Gasteiger partial charge in [0.15, 0.2) is 5.76 Å². The normalized spacial score (nSPS) is 16.6. The number of anilines is 1. The van der Waals surface area contributed by atoms with Gasteiger partial charge in [0.05, 0.1) is 18.1 Å². The molecule has 0 unspecified atom stereocenters. The smallest absolute Gasteiger partial charge is 0.291 e. The van der Waals surface area contributed by atoms with Crippen molar-refractivity contribution in [2.45, 2.75) is 24.8 Å². The lowest BCUT2D eigenvalue weighted by molar-refractivity contribution is -0.133. The van der Waals surface area contributed by atoms with E-state index in [1.54, 1.807) is 23.0 Å². The van der Waals surface area contributed by atoms with Crippen LogP contribution in [0.1, 0.15) is 34.5 Å². The van der Waals surface area contributed by atoms with E-state index in [1.807, 2.05) is 4.90 Å². The molecular formula is C23H22N4O3. The van der Waals surface area contributed by atoms with Crippen LogP contribution in [0.15, 0.2) is 65.5 Å². The summed E-state index contributed by atoms with van der Waals surface area (Å²) in [5.41, 5.74) is 3.25. The number of fused-ring (bicyclic) bond motifs is 2. The van der Waals surface area contributed by atoms with Crippen LogP contribution in [0.3, 0.4) is 0 Å². The zero-order chi connectivity index (χ0) is 20.6. The molecule has 5 rings (SSSR count). The van der Waals surface area contributed by atoms with Crippen molar-refractivity contribution in [1.29, 1.82) is 0 Å². The van der Waals surface area contributed by atoms with E-state index >= 15 is 0 Å². The minimum Gasteiger partial charge on any atom is -0.459 e. The average Bonchev–Trinajstić information content (AvgIpc) is 3.51. The largest absolute Gasteiger partial charge is 0.459 e. The third kappa shape index (κ3) is 3.32. The van der Waals surface area contributed by atoms with Gasteiger partial charge in [-0.1, -0.05) is 36.4 Å². The predicted octanol–water partition coefficient (Wildman–Crippen LogP) is 3.32. The SMILES string of the molecule is O=C(Nc1cnn(CC(=O)N2CCC3(C=Cc4ccccc43)CC2)c1)c1ccco1. The molecule has 1 fully saturated rings. The Morgan fingerprint density at radius 2 is 1.97 bits per heavy atom. The summed E-state index contributed by atoms with van der Waals surface area (Å²) in [4.78, 5) is 26.7. The third-order valence-corrected chi connectivity index (χ3v) is 6.02. The zero-order valence-electron chi connectivity index (χ0n) is 16.5. The monoisotopic (exact) mass is 402 g/mol. The number of likely N-dealkylation sites (tertiary alicyclic amines) is 1. The highest BCUT2D eigenvalue weighted by atomic mass is 16.3. The minimum atomic E-state index is -0.350. The molecule has 1 N–H and O–H groups in total. The molecule has 7 nitrogen and oxygen atoms in total. The van der Waals surface area contributed by atoms with Gasteiger partial charge in [-0.05, 0) is 36.1 Å². The highest BCUT2D eigenvalue weighted by Gasteiger charge is 2.38. The molecule has 1 aromatic carbocycles. The topological polar surface area (TPSA) is 80.4 Å². The highest BCUT2D eigenvalue weighted by Crippen LogP contribution is 2.43. The fraction of sp³-hybridized carbons (Fsp3) is 0.261. The molecule has 0 bridgehead atoms. The predicted molar refractivity (Wildman–Crippen MR) is 112 cm³/mol. The van der Waals surface area contributed by atoms with Crippen LogP contribution in [-0.2, 0) is 16.8 Å². The molecule has 3 aromatic rings. The Morgan fingerprint density at radius 3 is 2.77 bits per heavy atom. The first kappa shape index (κ1) is 18.4. The van der Waals surface area contributed by atoms with Crippen molar-refractivity contribution in [3.8, 4) is 0 Å². The van der Waals surface area contributed by atoms with Crippen LogP contribution in [0.2, 0.25) is 0 Å². The van der Waals surface area contributed by atoms with E-state index in [0.29, 0.717) is 5.69 Å². The number of amides is 2. The summed E-state index contributed by atoms with van der Waals surface area (Å²) in [6.45, 7) is 1.60. The Bertz CT molecular complexity index is 1110. The second-order valence-electron chi connectivity index (χ2n) is 7.82. The second-order valence-corrected chi connectivity index (χ2v) is 7.82. The minimum absolute atomic E-state index is 0.0344. The van der Waals surface area contributed by atoms with Crippen molar-refractivity contribution in [3.63, 3.8) is 0 Å². The van der Waals surface area contributed by atoms with Crippen LogP contribution in [0.5, 0.6) is 0 Å². The number of nitrogens with one attached hydrogen (secondary N) is 1. The van der Waals surface area contributed by atoms with Gasteiger partial charge in [-0.2, -0.15) is 5.10 Å². The molecule has 1 spiro atoms. The molecule has 1 saturated heterocycles. The maximum absolute atomic E-state index is 12.8.